The third-order valence-electron chi connectivity index (χ3n) is 2.84. The van der Waals surface area contributed by atoms with Crippen LogP contribution in [-0.4, -0.2) is 25.5 Å². The van der Waals surface area contributed by atoms with Gasteiger partial charge in [0, 0.05) is 11.3 Å². The van der Waals surface area contributed by atoms with Crippen molar-refractivity contribution in [3.8, 4) is 11.5 Å². The van der Waals surface area contributed by atoms with E-state index in [4.69, 9.17) is 9.47 Å². The van der Waals surface area contributed by atoms with Crippen LogP contribution in [0.4, 0.5) is 0 Å². The van der Waals surface area contributed by atoms with Crippen molar-refractivity contribution in [3.63, 3.8) is 0 Å². The number of hydrogen-bond acceptors (Lipinski definition) is 4. The normalized spacial score (nSPS) is 22.5. The molecule has 1 fully saturated rings. The molecule has 0 aliphatic carbocycles. The molecule has 1 aliphatic rings. The second-order valence-electron chi connectivity index (χ2n) is 4.83. The standard InChI is InChI=1S/C13H19NO2S/c1-13(2)8-17-12(14-13)9-5-6-10(15-3)11(7-9)16-4/h5-7,12,14H,8H2,1-4H3. The molecule has 0 aromatic heterocycles. The van der Waals surface area contributed by atoms with Gasteiger partial charge in [0.15, 0.2) is 11.5 Å². The van der Waals surface area contributed by atoms with Gasteiger partial charge in [0.1, 0.15) is 0 Å². The van der Waals surface area contributed by atoms with Crippen LogP contribution in [0, 0.1) is 0 Å². The predicted octanol–water partition coefficient (Wildman–Crippen LogP) is 2.82. The number of methoxy groups -OCH3 is 2. The van der Waals surface area contributed by atoms with E-state index in [1.165, 1.54) is 5.56 Å². The summed E-state index contributed by atoms with van der Waals surface area (Å²) in [5.41, 5.74) is 1.43. The van der Waals surface area contributed by atoms with Crippen LogP contribution in [0.1, 0.15) is 24.8 Å². The van der Waals surface area contributed by atoms with Crippen LogP contribution in [0.15, 0.2) is 18.2 Å². The number of ether oxygens (including phenoxy) is 2. The SMILES string of the molecule is COc1ccc(C2NC(C)(C)CS2)cc1OC. The highest BCUT2D eigenvalue weighted by atomic mass is 32.2. The van der Waals surface area contributed by atoms with Gasteiger partial charge in [-0.3, -0.25) is 5.32 Å². The predicted molar refractivity (Wildman–Crippen MR) is 72.0 cm³/mol. The Kier molecular flexibility index (Phi) is 3.54. The topological polar surface area (TPSA) is 30.5 Å². The van der Waals surface area contributed by atoms with Crippen molar-refractivity contribution >= 4 is 11.8 Å². The molecule has 1 aliphatic heterocycles. The van der Waals surface area contributed by atoms with Crippen LogP contribution < -0.4 is 14.8 Å². The van der Waals surface area contributed by atoms with Crippen molar-refractivity contribution in [2.75, 3.05) is 20.0 Å². The lowest BCUT2D eigenvalue weighted by Crippen LogP contribution is -2.35. The molecule has 1 heterocycles. The Hall–Kier alpha value is -0.870. The first kappa shape index (κ1) is 12.6. The summed E-state index contributed by atoms with van der Waals surface area (Å²) >= 11 is 1.93. The second kappa shape index (κ2) is 4.78. The van der Waals surface area contributed by atoms with Crippen molar-refractivity contribution in [1.82, 2.24) is 5.32 Å². The van der Waals surface area contributed by atoms with Gasteiger partial charge in [0.2, 0.25) is 0 Å². The third-order valence-corrected chi connectivity index (χ3v) is 4.45. The summed E-state index contributed by atoms with van der Waals surface area (Å²) < 4.78 is 10.6. The molecule has 1 aromatic carbocycles. The maximum atomic E-state index is 5.33. The van der Waals surface area contributed by atoms with Gasteiger partial charge in [0.05, 0.1) is 19.6 Å². The molecular formula is C13H19NO2S. The van der Waals surface area contributed by atoms with Crippen LogP contribution in [0.3, 0.4) is 0 Å². The zero-order valence-corrected chi connectivity index (χ0v) is 11.6. The lowest BCUT2D eigenvalue weighted by atomic mass is 10.1. The van der Waals surface area contributed by atoms with Crippen molar-refractivity contribution in [1.29, 1.82) is 0 Å². The molecule has 2 rings (SSSR count). The van der Waals surface area contributed by atoms with Crippen LogP contribution in [0.5, 0.6) is 11.5 Å². The summed E-state index contributed by atoms with van der Waals surface area (Å²) in [6, 6.07) is 6.10. The first-order valence-electron chi connectivity index (χ1n) is 5.67. The van der Waals surface area contributed by atoms with Crippen LogP contribution in [0.2, 0.25) is 0 Å². The van der Waals surface area contributed by atoms with E-state index < -0.39 is 0 Å². The van der Waals surface area contributed by atoms with E-state index in [0.717, 1.165) is 17.3 Å². The summed E-state index contributed by atoms with van der Waals surface area (Å²) in [4.78, 5) is 0. The first-order chi connectivity index (χ1) is 8.05. The van der Waals surface area contributed by atoms with Crippen LogP contribution in [-0.2, 0) is 0 Å². The number of rotatable bonds is 3. The summed E-state index contributed by atoms with van der Waals surface area (Å²) in [7, 11) is 3.32. The summed E-state index contributed by atoms with van der Waals surface area (Å²) in [5.74, 6) is 2.68. The fraction of sp³-hybridized carbons (Fsp3) is 0.538. The van der Waals surface area contributed by atoms with Gasteiger partial charge in [-0.25, -0.2) is 0 Å². The molecule has 94 valence electrons. The fourth-order valence-corrected chi connectivity index (χ4v) is 3.33. The molecule has 4 heteroatoms. The zero-order valence-electron chi connectivity index (χ0n) is 10.7. The van der Waals surface area contributed by atoms with Crippen LogP contribution >= 0.6 is 11.8 Å². The van der Waals surface area contributed by atoms with Crippen molar-refractivity contribution in [3.05, 3.63) is 23.8 Å². The van der Waals surface area contributed by atoms with Gasteiger partial charge >= 0.3 is 0 Å². The highest BCUT2D eigenvalue weighted by molar-refractivity contribution is 7.99. The Bertz CT molecular complexity index is 406. The Morgan fingerprint density at radius 3 is 2.47 bits per heavy atom. The minimum absolute atomic E-state index is 0.197. The Balaban J connectivity index is 2.23. The Labute approximate surface area is 107 Å². The molecule has 1 N–H and O–H groups in total. The molecular weight excluding hydrogens is 234 g/mol. The second-order valence-corrected chi connectivity index (χ2v) is 5.93. The smallest absolute Gasteiger partial charge is 0.161 e. The quantitative estimate of drug-likeness (QED) is 0.897. The maximum Gasteiger partial charge on any atom is 0.161 e. The van der Waals surface area contributed by atoms with Gasteiger partial charge in [-0.2, -0.15) is 0 Å². The first-order valence-corrected chi connectivity index (χ1v) is 6.72. The molecule has 0 radical (unpaired) electrons. The minimum Gasteiger partial charge on any atom is -0.493 e. The number of hydrogen-bond donors (Lipinski definition) is 1. The molecule has 0 spiro atoms. The summed E-state index contributed by atoms with van der Waals surface area (Å²) in [6.45, 7) is 4.45. The summed E-state index contributed by atoms with van der Waals surface area (Å²) in [5, 5.41) is 3.94. The van der Waals surface area contributed by atoms with E-state index in [2.05, 4.69) is 25.2 Å². The van der Waals surface area contributed by atoms with E-state index in [-0.39, 0.29) is 5.54 Å². The average molecular weight is 253 g/mol. The van der Waals surface area contributed by atoms with Gasteiger partial charge < -0.3 is 9.47 Å². The van der Waals surface area contributed by atoms with E-state index in [9.17, 15) is 0 Å². The number of thioether (sulfide) groups is 1. The number of benzene rings is 1. The lowest BCUT2D eigenvalue weighted by Gasteiger charge is -2.19. The lowest BCUT2D eigenvalue weighted by molar-refractivity contribution is 0.354. The Morgan fingerprint density at radius 2 is 1.94 bits per heavy atom. The molecule has 0 saturated carbocycles. The third kappa shape index (κ3) is 2.69. The minimum atomic E-state index is 0.197. The van der Waals surface area contributed by atoms with Crippen molar-refractivity contribution in [2.45, 2.75) is 24.8 Å². The van der Waals surface area contributed by atoms with Gasteiger partial charge in [0.25, 0.3) is 0 Å². The molecule has 1 unspecified atom stereocenters. The van der Waals surface area contributed by atoms with Crippen molar-refractivity contribution in [2.24, 2.45) is 0 Å². The maximum absolute atomic E-state index is 5.33. The highest BCUT2D eigenvalue weighted by Crippen LogP contribution is 2.39. The monoisotopic (exact) mass is 253 g/mol. The van der Waals surface area contributed by atoms with Gasteiger partial charge in [-0.1, -0.05) is 6.07 Å². The molecule has 1 saturated heterocycles. The van der Waals surface area contributed by atoms with E-state index in [0.29, 0.717) is 5.37 Å². The molecule has 0 bridgehead atoms. The van der Waals surface area contributed by atoms with E-state index in [1.54, 1.807) is 14.2 Å². The van der Waals surface area contributed by atoms with E-state index in [1.807, 2.05) is 23.9 Å². The average Bonchev–Trinajstić information content (AvgIpc) is 2.68. The highest BCUT2D eigenvalue weighted by Gasteiger charge is 2.31. The molecule has 0 amide bonds. The summed E-state index contributed by atoms with van der Waals surface area (Å²) in [6.07, 6.45) is 0. The molecule has 1 atom stereocenters. The van der Waals surface area contributed by atoms with Crippen molar-refractivity contribution < 1.29 is 9.47 Å². The molecule has 17 heavy (non-hydrogen) atoms. The Morgan fingerprint density at radius 1 is 1.24 bits per heavy atom. The van der Waals surface area contributed by atoms with Crippen LogP contribution in [0.25, 0.3) is 0 Å². The molecule has 3 nitrogen and oxygen atoms in total. The largest absolute Gasteiger partial charge is 0.493 e. The fourth-order valence-electron chi connectivity index (χ4n) is 1.93. The molecule has 1 aromatic rings. The van der Waals surface area contributed by atoms with Gasteiger partial charge in [-0.15, -0.1) is 11.8 Å². The van der Waals surface area contributed by atoms with Gasteiger partial charge in [-0.05, 0) is 31.5 Å². The zero-order chi connectivity index (χ0) is 12.5. The number of nitrogens with one attached hydrogen (secondary N) is 1. The van der Waals surface area contributed by atoms with E-state index >= 15 is 0 Å².